The normalized spacial score (nSPS) is 13.5. The van der Waals surface area contributed by atoms with E-state index >= 15 is 0 Å². The summed E-state index contributed by atoms with van der Waals surface area (Å²) in [5.74, 6) is 0. The third-order valence-corrected chi connectivity index (χ3v) is 3.95. The molecule has 2 heteroatoms. The SMILES string of the molecule is CC(C)OCCCNC1c2ccccc2-c2ccccc21. The van der Waals surface area contributed by atoms with Crippen LogP contribution in [-0.2, 0) is 4.74 Å². The Morgan fingerprint density at radius 2 is 1.52 bits per heavy atom. The monoisotopic (exact) mass is 281 g/mol. The molecule has 0 amide bonds. The maximum atomic E-state index is 5.61. The van der Waals surface area contributed by atoms with E-state index in [0.29, 0.717) is 12.1 Å². The van der Waals surface area contributed by atoms with Gasteiger partial charge >= 0.3 is 0 Å². The Balaban J connectivity index is 1.70. The minimum atomic E-state index is 0.316. The van der Waals surface area contributed by atoms with Gasteiger partial charge in [-0.15, -0.1) is 0 Å². The fraction of sp³-hybridized carbons (Fsp3) is 0.368. The molecule has 0 spiro atoms. The molecule has 0 fully saturated rings. The van der Waals surface area contributed by atoms with Crippen molar-refractivity contribution in [2.45, 2.75) is 32.4 Å². The first-order chi connectivity index (χ1) is 10.3. The van der Waals surface area contributed by atoms with Gasteiger partial charge in [-0.25, -0.2) is 0 Å². The molecular formula is C19H23NO. The molecule has 2 aromatic rings. The largest absolute Gasteiger partial charge is 0.379 e. The van der Waals surface area contributed by atoms with Crippen LogP contribution in [0, 0.1) is 0 Å². The minimum absolute atomic E-state index is 0.316. The molecule has 0 saturated heterocycles. The second-order valence-electron chi connectivity index (χ2n) is 5.83. The number of nitrogens with one attached hydrogen (secondary N) is 1. The Hall–Kier alpha value is -1.64. The zero-order chi connectivity index (χ0) is 14.7. The highest BCUT2D eigenvalue weighted by molar-refractivity contribution is 5.78. The Morgan fingerprint density at radius 3 is 2.10 bits per heavy atom. The van der Waals surface area contributed by atoms with Crippen molar-refractivity contribution in [2.75, 3.05) is 13.2 Å². The van der Waals surface area contributed by atoms with Gasteiger partial charge in [-0.3, -0.25) is 0 Å². The molecule has 110 valence electrons. The van der Waals surface area contributed by atoms with Crippen molar-refractivity contribution in [3.05, 3.63) is 59.7 Å². The summed E-state index contributed by atoms with van der Waals surface area (Å²) in [4.78, 5) is 0. The Bertz CT molecular complexity index is 561. The van der Waals surface area contributed by atoms with Crippen molar-refractivity contribution in [1.29, 1.82) is 0 Å². The maximum absolute atomic E-state index is 5.61. The van der Waals surface area contributed by atoms with Crippen LogP contribution in [0.15, 0.2) is 48.5 Å². The van der Waals surface area contributed by atoms with E-state index in [1.54, 1.807) is 0 Å². The Kier molecular flexibility index (Phi) is 4.37. The van der Waals surface area contributed by atoms with Gasteiger partial charge in [0.2, 0.25) is 0 Å². The summed E-state index contributed by atoms with van der Waals surface area (Å²) in [6.45, 7) is 5.95. The number of benzene rings is 2. The molecule has 2 nitrogen and oxygen atoms in total. The molecule has 21 heavy (non-hydrogen) atoms. The molecule has 3 rings (SSSR count). The predicted octanol–water partition coefficient (Wildman–Crippen LogP) is 4.16. The maximum Gasteiger partial charge on any atom is 0.0588 e. The molecule has 2 aromatic carbocycles. The lowest BCUT2D eigenvalue weighted by Gasteiger charge is -2.16. The average Bonchev–Trinajstić information content (AvgIpc) is 2.81. The van der Waals surface area contributed by atoms with Crippen molar-refractivity contribution in [3.8, 4) is 11.1 Å². The zero-order valence-electron chi connectivity index (χ0n) is 12.8. The second-order valence-corrected chi connectivity index (χ2v) is 5.83. The lowest BCUT2D eigenvalue weighted by Crippen LogP contribution is -2.23. The molecule has 0 unspecified atom stereocenters. The van der Waals surface area contributed by atoms with Gasteiger partial charge in [-0.2, -0.15) is 0 Å². The summed E-state index contributed by atoms with van der Waals surface area (Å²) in [7, 11) is 0. The topological polar surface area (TPSA) is 21.3 Å². The van der Waals surface area contributed by atoms with Crippen molar-refractivity contribution in [3.63, 3.8) is 0 Å². The molecule has 0 radical (unpaired) electrons. The lowest BCUT2D eigenvalue weighted by atomic mass is 10.1. The molecule has 0 saturated carbocycles. The van der Waals surface area contributed by atoms with Crippen LogP contribution < -0.4 is 5.32 Å². The number of ether oxygens (including phenoxy) is 1. The van der Waals surface area contributed by atoms with E-state index in [9.17, 15) is 0 Å². The summed E-state index contributed by atoms with van der Waals surface area (Å²) in [5, 5.41) is 3.69. The second kappa shape index (κ2) is 6.42. The fourth-order valence-corrected chi connectivity index (χ4v) is 3.01. The van der Waals surface area contributed by atoms with Gasteiger partial charge < -0.3 is 10.1 Å². The van der Waals surface area contributed by atoms with E-state index in [1.165, 1.54) is 22.3 Å². The van der Waals surface area contributed by atoms with Crippen LogP contribution >= 0.6 is 0 Å². The van der Waals surface area contributed by atoms with Crippen LogP contribution in [0.25, 0.3) is 11.1 Å². The number of rotatable bonds is 6. The van der Waals surface area contributed by atoms with Crippen LogP contribution in [0.5, 0.6) is 0 Å². The molecule has 0 aromatic heterocycles. The van der Waals surface area contributed by atoms with Crippen molar-refractivity contribution < 1.29 is 4.74 Å². The van der Waals surface area contributed by atoms with E-state index in [-0.39, 0.29) is 0 Å². The highest BCUT2D eigenvalue weighted by Gasteiger charge is 2.26. The van der Waals surface area contributed by atoms with Gasteiger partial charge in [-0.05, 0) is 49.1 Å². The summed E-state index contributed by atoms with van der Waals surface area (Å²) in [6, 6.07) is 17.7. The van der Waals surface area contributed by atoms with E-state index in [2.05, 4.69) is 67.7 Å². The standard InChI is InChI=1S/C19H23NO/c1-14(2)21-13-7-12-20-19-17-10-5-3-8-15(17)16-9-4-6-11-18(16)19/h3-6,8-11,14,19-20H,7,12-13H2,1-2H3. The zero-order valence-corrected chi connectivity index (χ0v) is 12.8. The average molecular weight is 281 g/mol. The minimum Gasteiger partial charge on any atom is -0.379 e. The molecule has 0 atom stereocenters. The third kappa shape index (κ3) is 3.02. The predicted molar refractivity (Wildman–Crippen MR) is 87.4 cm³/mol. The van der Waals surface area contributed by atoms with Gasteiger partial charge in [0.05, 0.1) is 12.1 Å². The van der Waals surface area contributed by atoms with Crippen LogP contribution in [-0.4, -0.2) is 19.3 Å². The summed E-state index contributed by atoms with van der Waals surface area (Å²) >= 11 is 0. The van der Waals surface area contributed by atoms with E-state index in [1.807, 2.05) is 0 Å². The molecule has 1 aliphatic carbocycles. The summed E-state index contributed by atoms with van der Waals surface area (Å²) in [5.41, 5.74) is 5.51. The van der Waals surface area contributed by atoms with Gasteiger partial charge in [0, 0.05) is 6.61 Å². The molecular weight excluding hydrogens is 258 g/mol. The van der Waals surface area contributed by atoms with Gasteiger partial charge in [-0.1, -0.05) is 48.5 Å². The fourth-order valence-electron chi connectivity index (χ4n) is 3.01. The van der Waals surface area contributed by atoms with E-state index in [4.69, 9.17) is 4.74 Å². The quantitative estimate of drug-likeness (QED) is 0.803. The van der Waals surface area contributed by atoms with Gasteiger partial charge in [0.15, 0.2) is 0 Å². The molecule has 0 heterocycles. The lowest BCUT2D eigenvalue weighted by molar-refractivity contribution is 0.0769. The van der Waals surface area contributed by atoms with E-state index in [0.717, 1.165) is 19.6 Å². The Labute approximate surface area is 127 Å². The van der Waals surface area contributed by atoms with Crippen LogP contribution in [0.2, 0.25) is 0 Å². The van der Waals surface area contributed by atoms with Crippen LogP contribution in [0.3, 0.4) is 0 Å². The summed E-state index contributed by atoms with van der Waals surface area (Å²) in [6.07, 6.45) is 1.36. The van der Waals surface area contributed by atoms with Crippen LogP contribution in [0.1, 0.15) is 37.4 Å². The Morgan fingerprint density at radius 1 is 0.952 bits per heavy atom. The highest BCUT2D eigenvalue weighted by atomic mass is 16.5. The first-order valence-electron chi connectivity index (χ1n) is 7.80. The van der Waals surface area contributed by atoms with Gasteiger partial charge in [0.25, 0.3) is 0 Å². The van der Waals surface area contributed by atoms with Crippen molar-refractivity contribution >= 4 is 0 Å². The van der Waals surface area contributed by atoms with Crippen LogP contribution in [0.4, 0.5) is 0 Å². The van der Waals surface area contributed by atoms with Crippen molar-refractivity contribution in [1.82, 2.24) is 5.32 Å². The highest BCUT2D eigenvalue weighted by Crippen LogP contribution is 2.42. The summed E-state index contributed by atoms with van der Waals surface area (Å²) < 4.78 is 5.61. The van der Waals surface area contributed by atoms with Gasteiger partial charge in [0.1, 0.15) is 0 Å². The third-order valence-electron chi connectivity index (χ3n) is 3.95. The number of hydrogen-bond acceptors (Lipinski definition) is 2. The first-order valence-corrected chi connectivity index (χ1v) is 7.80. The molecule has 1 N–H and O–H groups in total. The smallest absolute Gasteiger partial charge is 0.0588 e. The first kappa shape index (κ1) is 14.3. The molecule has 1 aliphatic rings. The molecule has 0 bridgehead atoms. The number of fused-ring (bicyclic) bond motifs is 3. The van der Waals surface area contributed by atoms with E-state index < -0.39 is 0 Å². The van der Waals surface area contributed by atoms with Crippen molar-refractivity contribution in [2.24, 2.45) is 0 Å². The molecule has 0 aliphatic heterocycles. The number of hydrogen-bond donors (Lipinski definition) is 1.